The Morgan fingerprint density at radius 3 is 2.33 bits per heavy atom. The van der Waals surface area contributed by atoms with Gasteiger partial charge in [0.2, 0.25) is 0 Å². The number of hydrogen-bond donors (Lipinski definition) is 3. The molecule has 3 aromatic carbocycles. The van der Waals surface area contributed by atoms with E-state index in [9.17, 15) is 14.7 Å². The summed E-state index contributed by atoms with van der Waals surface area (Å²) in [5, 5.41) is 22.0. The van der Waals surface area contributed by atoms with E-state index < -0.39 is 5.91 Å². The van der Waals surface area contributed by atoms with Crippen molar-refractivity contribution in [2.45, 2.75) is 38.1 Å². The van der Waals surface area contributed by atoms with Gasteiger partial charge in [-0.25, -0.2) is 4.79 Å². The molecule has 39 heavy (non-hydrogen) atoms. The number of carbonyl (C=O) groups is 2. The van der Waals surface area contributed by atoms with Gasteiger partial charge in [-0.2, -0.15) is 9.78 Å². The highest BCUT2D eigenvalue weighted by atomic mass is 35.5. The van der Waals surface area contributed by atoms with Gasteiger partial charge in [0.1, 0.15) is 5.75 Å². The fourth-order valence-corrected chi connectivity index (χ4v) is 5.59. The van der Waals surface area contributed by atoms with E-state index in [0.717, 1.165) is 36.9 Å². The molecule has 0 unspecified atom stereocenters. The van der Waals surface area contributed by atoms with E-state index in [4.69, 9.17) is 34.8 Å². The molecule has 1 aliphatic rings. The minimum atomic E-state index is -0.488. The maximum absolute atomic E-state index is 13.3. The third kappa shape index (κ3) is 5.91. The molecule has 0 spiro atoms. The standard InChI is InChI=1S/C29H25Cl3N4O3/c30-21-9-4-3-8-18(21)16-33-29(39)36-25(17-6-1-2-7-17)15-24(35-36)20-14-19(12-13-26(20)37)34-28(38)27-22(31)10-5-11-23(27)32/h3-5,8-15,17,37H,1-2,6-7,16H2,(H,33,39)(H,34,38). The first-order valence-electron chi connectivity index (χ1n) is 12.5. The second-order valence-corrected chi connectivity index (χ2v) is 10.6. The molecule has 1 fully saturated rings. The normalized spacial score (nSPS) is 13.4. The van der Waals surface area contributed by atoms with Crippen molar-refractivity contribution < 1.29 is 14.7 Å². The highest BCUT2D eigenvalue weighted by molar-refractivity contribution is 6.40. The molecule has 0 saturated heterocycles. The summed E-state index contributed by atoms with van der Waals surface area (Å²) < 4.78 is 1.37. The van der Waals surface area contributed by atoms with Crippen LogP contribution in [0.1, 0.15) is 53.2 Å². The summed E-state index contributed by atoms with van der Waals surface area (Å²) in [6, 6.07) is 18.2. The molecule has 2 amide bonds. The molecule has 1 heterocycles. The van der Waals surface area contributed by atoms with Crippen LogP contribution in [0.5, 0.6) is 5.75 Å². The van der Waals surface area contributed by atoms with Crippen molar-refractivity contribution in [3.8, 4) is 17.0 Å². The Labute approximate surface area is 240 Å². The van der Waals surface area contributed by atoms with Gasteiger partial charge in [-0.1, -0.05) is 71.9 Å². The fraction of sp³-hybridized carbons (Fsp3) is 0.207. The van der Waals surface area contributed by atoms with Crippen molar-refractivity contribution in [3.05, 3.63) is 98.6 Å². The SMILES string of the molecule is O=C(Nc1ccc(O)c(-c2cc(C3CCCC3)n(C(=O)NCc3ccccc3Cl)n2)c1)c1c(Cl)cccc1Cl. The summed E-state index contributed by atoms with van der Waals surface area (Å²) in [7, 11) is 0. The zero-order chi connectivity index (χ0) is 27.5. The van der Waals surface area contributed by atoms with Gasteiger partial charge >= 0.3 is 6.03 Å². The second-order valence-electron chi connectivity index (χ2n) is 9.38. The lowest BCUT2D eigenvalue weighted by atomic mass is 10.0. The Bertz CT molecular complexity index is 1530. The number of nitrogens with one attached hydrogen (secondary N) is 2. The summed E-state index contributed by atoms with van der Waals surface area (Å²) >= 11 is 18.6. The summed E-state index contributed by atoms with van der Waals surface area (Å²) in [5.41, 5.74) is 2.91. The number of aromatic hydroxyl groups is 1. The van der Waals surface area contributed by atoms with Gasteiger partial charge < -0.3 is 15.7 Å². The van der Waals surface area contributed by atoms with Crippen molar-refractivity contribution >= 4 is 52.4 Å². The van der Waals surface area contributed by atoms with E-state index in [-0.39, 0.29) is 39.9 Å². The Balaban J connectivity index is 1.44. The summed E-state index contributed by atoms with van der Waals surface area (Å²) in [6.07, 6.45) is 4.04. The fourth-order valence-electron chi connectivity index (χ4n) is 4.82. The minimum Gasteiger partial charge on any atom is -0.507 e. The van der Waals surface area contributed by atoms with E-state index in [1.54, 1.807) is 36.4 Å². The van der Waals surface area contributed by atoms with E-state index >= 15 is 0 Å². The van der Waals surface area contributed by atoms with Crippen LogP contribution < -0.4 is 10.6 Å². The maximum Gasteiger partial charge on any atom is 0.342 e. The van der Waals surface area contributed by atoms with Crippen LogP contribution in [0.3, 0.4) is 0 Å². The van der Waals surface area contributed by atoms with Crippen molar-refractivity contribution in [1.29, 1.82) is 0 Å². The first kappa shape index (κ1) is 27.1. The van der Waals surface area contributed by atoms with Crippen LogP contribution in [0.15, 0.2) is 66.7 Å². The smallest absolute Gasteiger partial charge is 0.342 e. The Morgan fingerprint density at radius 1 is 0.923 bits per heavy atom. The number of anilines is 1. The van der Waals surface area contributed by atoms with Crippen molar-refractivity contribution in [2.75, 3.05) is 5.32 Å². The molecule has 1 saturated carbocycles. The number of halogens is 3. The molecule has 4 aromatic rings. The van der Waals surface area contributed by atoms with Gasteiger partial charge in [-0.3, -0.25) is 4.79 Å². The third-order valence-corrected chi connectivity index (χ3v) is 7.81. The Kier molecular flexibility index (Phi) is 8.12. The average molecular weight is 584 g/mol. The predicted molar refractivity (Wildman–Crippen MR) is 154 cm³/mol. The van der Waals surface area contributed by atoms with Gasteiger partial charge in [-0.05, 0) is 60.9 Å². The largest absolute Gasteiger partial charge is 0.507 e. The molecule has 5 rings (SSSR count). The van der Waals surface area contributed by atoms with Gasteiger partial charge in [-0.15, -0.1) is 0 Å². The summed E-state index contributed by atoms with van der Waals surface area (Å²) in [4.78, 5) is 26.2. The first-order valence-corrected chi connectivity index (χ1v) is 13.7. The van der Waals surface area contributed by atoms with Crippen LogP contribution in [0.4, 0.5) is 10.5 Å². The zero-order valence-electron chi connectivity index (χ0n) is 20.8. The molecule has 0 aliphatic heterocycles. The molecule has 0 radical (unpaired) electrons. The van der Waals surface area contributed by atoms with Crippen molar-refractivity contribution in [3.63, 3.8) is 0 Å². The van der Waals surface area contributed by atoms with E-state index in [1.807, 2.05) is 24.3 Å². The predicted octanol–water partition coefficient (Wildman–Crippen LogP) is 7.88. The number of rotatable bonds is 6. The van der Waals surface area contributed by atoms with Crippen molar-refractivity contribution in [1.82, 2.24) is 15.1 Å². The summed E-state index contributed by atoms with van der Waals surface area (Å²) in [5.74, 6) is -0.356. The monoisotopic (exact) mass is 582 g/mol. The van der Waals surface area contributed by atoms with Crippen LogP contribution in [0.25, 0.3) is 11.3 Å². The number of phenols is 1. The molecule has 1 aromatic heterocycles. The zero-order valence-corrected chi connectivity index (χ0v) is 23.0. The number of carbonyl (C=O) groups excluding carboxylic acids is 2. The average Bonchev–Trinajstić information content (AvgIpc) is 3.59. The number of amides is 2. The van der Waals surface area contributed by atoms with Gasteiger partial charge in [0, 0.05) is 28.7 Å². The molecular formula is C29H25Cl3N4O3. The quantitative estimate of drug-likeness (QED) is 0.201. The molecular weight excluding hydrogens is 559 g/mol. The summed E-state index contributed by atoms with van der Waals surface area (Å²) in [6.45, 7) is 0.245. The van der Waals surface area contributed by atoms with Crippen LogP contribution in [0.2, 0.25) is 15.1 Å². The van der Waals surface area contributed by atoms with E-state index in [1.165, 1.54) is 10.7 Å². The lowest BCUT2D eigenvalue weighted by molar-refractivity contribution is 0.102. The lowest BCUT2D eigenvalue weighted by Gasteiger charge is -2.12. The highest BCUT2D eigenvalue weighted by Gasteiger charge is 2.26. The van der Waals surface area contributed by atoms with Crippen LogP contribution in [-0.4, -0.2) is 26.8 Å². The van der Waals surface area contributed by atoms with Crippen LogP contribution in [-0.2, 0) is 6.54 Å². The van der Waals surface area contributed by atoms with E-state index in [0.29, 0.717) is 22.0 Å². The first-order chi connectivity index (χ1) is 18.8. The molecule has 10 heteroatoms. The molecule has 7 nitrogen and oxygen atoms in total. The van der Waals surface area contributed by atoms with Crippen LogP contribution in [0, 0.1) is 0 Å². The number of aromatic nitrogens is 2. The second kappa shape index (κ2) is 11.7. The molecule has 1 aliphatic carbocycles. The number of phenolic OH excluding ortho intramolecular Hbond substituents is 1. The lowest BCUT2D eigenvalue weighted by Crippen LogP contribution is -2.30. The molecule has 0 bridgehead atoms. The number of benzene rings is 3. The molecule has 3 N–H and O–H groups in total. The molecule has 200 valence electrons. The van der Waals surface area contributed by atoms with Gasteiger partial charge in [0.05, 0.1) is 27.0 Å². The highest BCUT2D eigenvalue weighted by Crippen LogP contribution is 2.38. The van der Waals surface area contributed by atoms with Crippen molar-refractivity contribution in [2.24, 2.45) is 0 Å². The molecule has 0 atom stereocenters. The number of nitrogens with zero attached hydrogens (tertiary/aromatic N) is 2. The van der Waals surface area contributed by atoms with Gasteiger partial charge in [0.15, 0.2) is 0 Å². The van der Waals surface area contributed by atoms with Crippen LogP contribution >= 0.6 is 34.8 Å². The third-order valence-electron chi connectivity index (χ3n) is 6.81. The maximum atomic E-state index is 13.3. The minimum absolute atomic E-state index is 0.0390. The Morgan fingerprint density at radius 2 is 1.62 bits per heavy atom. The van der Waals surface area contributed by atoms with Gasteiger partial charge in [0.25, 0.3) is 5.91 Å². The Hall–Kier alpha value is -3.52. The number of hydrogen-bond acceptors (Lipinski definition) is 4. The topological polar surface area (TPSA) is 96.2 Å². The van der Waals surface area contributed by atoms with E-state index in [2.05, 4.69) is 15.7 Å².